The molecule has 1 aliphatic rings. The van der Waals surface area contributed by atoms with Crippen molar-refractivity contribution in [3.63, 3.8) is 0 Å². The highest BCUT2D eigenvalue weighted by molar-refractivity contribution is 9.10. The van der Waals surface area contributed by atoms with Crippen LogP contribution >= 0.6 is 27.5 Å². The summed E-state index contributed by atoms with van der Waals surface area (Å²) in [5, 5.41) is 0.475. The Balaban J connectivity index is 2.25. The maximum Gasteiger partial charge on any atom is 0.160 e. The van der Waals surface area contributed by atoms with Crippen LogP contribution in [0.5, 0.6) is 0 Å². The SMILES string of the molecule is CCN1CCOC(c2nc(Cl)c(Br)c(CC(C)C)n2)C1. The Kier molecular flexibility index (Phi) is 5.78. The molecule has 1 saturated heterocycles. The highest BCUT2D eigenvalue weighted by Gasteiger charge is 2.25. The molecule has 0 bridgehead atoms. The molecule has 112 valence electrons. The first-order valence-electron chi connectivity index (χ1n) is 7.07. The Labute approximate surface area is 134 Å². The highest BCUT2D eigenvalue weighted by atomic mass is 79.9. The van der Waals surface area contributed by atoms with Crippen molar-refractivity contribution in [2.45, 2.75) is 33.3 Å². The lowest BCUT2D eigenvalue weighted by molar-refractivity contribution is -0.0327. The molecule has 20 heavy (non-hydrogen) atoms. The van der Waals surface area contributed by atoms with E-state index in [1.54, 1.807) is 0 Å². The molecule has 2 heterocycles. The molecule has 1 unspecified atom stereocenters. The Bertz CT molecular complexity index is 470. The fraction of sp³-hybridized carbons (Fsp3) is 0.714. The fourth-order valence-electron chi connectivity index (χ4n) is 2.29. The van der Waals surface area contributed by atoms with E-state index in [0.29, 0.717) is 16.9 Å². The first kappa shape index (κ1) is 16.1. The van der Waals surface area contributed by atoms with E-state index >= 15 is 0 Å². The normalized spacial score (nSPS) is 20.6. The lowest BCUT2D eigenvalue weighted by Gasteiger charge is -2.31. The van der Waals surface area contributed by atoms with Crippen LogP contribution in [0, 0.1) is 5.92 Å². The molecule has 1 fully saturated rings. The van der Waals surface area contributed by atoms with Gasteiger partial charge in [-0.05, 0) is 34.8 Å². The van der Waals surface area contributed by atoms with Gasteiger partial charge in [-0.15, -0.1) is 0 Å². The average molecular weight is 363 g/mol. The standard InChI is InChI=1S/C14H21BrClN3O/c1-4-19-5-6-20-11(8-19)14-17-10(7-9(2)3)12(15)13(16)18-14/h9,11H,4-8H2,1-3H3. The molecular formula is C14H21BrClN3O. The molecule has 0 aromatic carbocycles. The number of morpholine rings is 1. The zero-order valence-electron chi connectivity index (χ0n) is 12.2. The molecule has 0 aliphatic carbocycles. The Morgan fingerprint density at radius 1 is 1.45 bits per heavy atom. The second-order valence-corrected chi connectivity index (χ2v) is 6.63. The zero-order valence-corrected chi connectivity index (χ0v) is 14.5. The summed E-state index contributed by atoms with van der Waals surface area (Å²) in [4.78, 5) is 11.4. The molecule has 0 spiro atoms. The minimum Gasteiger partial charge on any atom is -0.368 e. The van der Waals surface area contributed by atoms with Crippen molar-refractivity contribution >= 4 is 27.5 Å². The van der Waals surface area contributed by atoms with Gasteiger partial charge in [-0.1, -0.05) is 32.4 Å². The van der Waals surface area contributed by atoms with Crippen LogP contribution in [0.25, 0.3) is 0 Å². The smallest absolute Gasteiger partial charge is 0.160 e. The van der Waals surface area contributed by atoms with Gasteiger partial charge in [0.05, 0.1) is 16.8 Å². The number of likely N-dealkylation sites (N-methyl/N-ethyl adjacent to an activating group) is 1. The van der Waals surface area contributed by atoms with Crippen LogP contribution in [0.2, 0.25) is 5.15 Å². The van der Waals surface area contributed by atoms with Gasteiger partial charge >= 0.3 is 0 Å². The third-order valence-corrected chi connectivity index (χ3v) is 4.72. The summed E-state index contributed by atoms with van der Waals surface area (Å²) in [6, 6.07) is 0. The first-order chi connectivity index (χ1) is 9.51. The van der Waals surface area contributed by atoms with E-state index in [1.165, 1.54) is 0 Å². The maximum atomic E-state index is 6.22. The summed E-state index contributed by atoms with van der Waals surface area (Å²) in [5.41, 5.74) is 0.965. The zero-order chi connectivity index (χ0) is 14.7. The number of hydrogen-bond acceptors (Lipinski definition) is 4. The lowest BCUT2D eigenvalue weighted by atomic mass is 10.1. The van der Waals surface area contributed by atoms with Crippen LogP contribution in [-0.2, 0) is 11.2 Å². The third kappa shape index (κ3) is 3.91. The Morgan fingerprint density at radius 2 is 2.20 bits per heavy atom. The van der Waals surface area contributed by atoms with Crippen molar-refractivity contribution < 1.29 is 4.74 Å². The molecule has 0 saturated carbocycles. The van der Waals surface area contributed by atoms with Crippen LogP contribution in [0.1, 0.15) is 38.4 Å². The van der Waals surface area contributed by atoms with Gasteiger partial charge in [0, 0.05) is 13.1 Å². The quantitative estimate of drug-likeness (QED) is 0.769. The van der Waals surface area contributed by atoms with Gasteiger partial charge in [0.15, 0.2) is 5.82 Å². The van der Waals surface area contributed by atoms with Crippen molar-refractivity contribution in [2.24, 2.45) is 5.92 Å². The molecule has 1 aromatic rings. The van der Waals surface area contributed by atoms with Crippen LogP contribution < -0.4 is 0 Å². The van der Waals surface area contributed by atoms with Crippen molar-refractivity contribution in [2.75, 3.05) is 26.2 Å². The molecule has 0 N–H and O–H groups in total. The van der Waals surface area contributed by atoms with Crippen molar-refractivity contribution in [3.8, 4) is 0 Å². The van der Waals surface area contributed by atoms with Gasteiger partial charge < -0.3 is 4.74 Å². The Hall–Kier alpha value is -0.230. The monoisotopic (exact) mass is 361 g/mol. The fourth-order valence-corrected chi connectivity index (χ4v) is 2.83. The molecule has 1 atom stereocenters. The van der Waals surface area contributed by atoms with E-state index in [1.807, 2.05) is 0 Å². The minimum absolute atomic E-state index is 0.0831. The van der Waals surface area contributed by atoms with Crippen molar-refractivity contribution in [3.05, 3.63) is 21.1 Å². The highest BCUT2D eigenvalue weighted by Crippen LogP contribution is 2.28. The van der Waals surface area contributed by atoms with Crippen LogP contribution in [0.4, 0.5) is 0 Å². The van der Waals surface area contributed by atoms with E-state index in [4.69, 9.17) is 16.3 Å². The predicted molar refractivity (Wildman–Crippen MR) is 84.1 cm³/mol. The van der Waals surface area contributed by atoms with E-state index in [9.17, 15) is 0 Å². The van der Waals surface area contributed by atoms with Crippen molar-refractivity contribution in [1.29, 1.82) is 0 Å². The van der Waals surface area contributed by atoms with E-state index in [0.717, 1.165) is 42.8 Å². The molecule has 1 aromatic heterocycles. The van der Waals surface area contributed by atoms with Crippen LogP contribution in [0.15, 0.2) is 4.47 Å². The molecule has 2 rings (SSSR count). The summed E-state index contributed by atoms with van der Waals surface area (Å²) < 4.78 is 6.62. The van der Waals surface area contributed by atoms with Gasteiger partial charge in [-0.3, -0.25) is 4.90 Å². The molecule has 0 amide bonds. The number of ether oxygens (including phenoxy) is 1. The molecule has 1 aliphatic heterocycles. The maximum absolute atomic E-state index is 6.22. The van der Waals surface area contributed by atoms with E-state index in [2.05, 4.69) is 51.6 Å². The summed E-state index contributed by atoms with van der Waals surface area (Å²) >= 11 is 9.71. The first-order valence-corrected chi connectivity index (χ1v) is 8.24. The summed E-state index contributed by atoms with van der Waals surface area (Å²) in [5.74, 6) is 1.22. The van der Waals surface area contributed by atoms with Crippen LogP contribution in [-0.4, -0.2) is 41.1 Å². The number of halogens is 2. The van der Waals surface area contributed by atoms with Gasteiger partial charge in [-0.25, -0.2) is 9.97 Å². The summed E-state index contributed by atoms with van der Waals surface area (Å²) in [6.45, 7) is 10.0. The molecule has 0 radical (unpaired) electrons. The van der Waals surface area contributed by atoms with Crippen LogP contribution in [0.3, 0.4) is 0 Å². The second-order valence-electron chi connectivity index (χ2n) is 5.48. The average Bonchev–Trinajstić information content (AvgIpc) is 2.43. The summed E-state index contributed by atoms with van der Waals surface area (Å²) in [6.07, 6.45) is 0.792. The largest absolute Gasteiger partial charge is 0.368 e. The number of nitrogens with zero attached hydrogens (tertiary/aromatic N) is 3. The number of aromatic nitrogens is 2. The number of rotatable bonds is 4. The van der Waals surface area contributed by atoms with Crippen molar-refractivity contribution in [1.82, 2.24) is 14.9 Å². The third-order valence-electron chi connectivity index (χ3n) is 3.38. The van der Waals surface area contributed by atoms with Gasteiger partial charge in [0.2, 0.25) is 0 Å². The lowest BCUT2D eigenvalue weighted by Crippen LogP contribution is -2.38. The Morgan fingerprint density at radius 3 is 2.85 bits per heavy atom. The molecule has 4 nitrogen and oxygen atoms in total. The summed E-state index contributed by atoms with van der Waals surface area (Å²) in [7, 11) is 0. The molecule has 6 heteroatoms. The van der Waals surface area contributed by atoms with Gasteiger partial charge in [0.25, 0.3) is 0 Å². The topological polar surface area (TPSA) is 38.2 Å². The second kappa shape index (κ2) is 7.16. The van der Waals surface area contributed by atoms with Gasteiger partial charge in [0.1, 0.15) is 11.3 Å². The predicted octanol–water partition coefficient (Wildman–Crippen LogP) is 3.48. The molecular weight excluding hydrogens is 342 g/mol. The van der Waals surface area contributed by atoms with E-state index in [-0.39, 0.29) is 6.10 Å². The number of hydrogen-bond donors (Lipinski definition) is 0. The van der Waals surface area contributed by atoms with Gasteiger partial charge in [-0.2, -0.15) is 0 Å². The minimum atomic E-state index is -0.0831. The van der Waals surface area contributed by atoms with E-state index < -0.39 is 0 Å².